The number of aromatic nitrogens is 3. The van der Waals surface area contributed by atoms with Gasteiger partial charge < -0.3 is 10.6 Å². The van der Waals surface area contributed by atoms with Gasteiger partial charge in [-0.2, -0.15) is 5.10 Å². The molecular formula is C19H29N5O. The maximum Gasteiger partial charge on any atom is 0.254 e. The van der Waals surface area contributed by atoms with Crippen molar-refractivity contribution in [3.05, 3.63) is 23.5 Å². The molecule has 1 aliphatic rings. The lowest BCUT2D eigenvalue weighted by Gasteiger charge is -2.23. The molecule has 0 spiro atoms. The molecule has 25 heavy (non-hydrogen) atoms. The van der Waals surface area contributed by atoms with Crippen LogP contribution in [0.3, 0.4) is 0 Å². The summed E-state index contributed by atoms with van der Waals surface area (Å²) in [6.45, 7) is 12.6. The maximum atomic E-state index is 13.2. The number of hydrogen-bond acceptors (Lipinski definition) is 4. The largest absolute Gasteiger partial charge is 0.338 e. The van der Waals surface area contributed by atoms with Crippen LogP contribution in [0.1, 0.15) is 69.1 Å². The zero-order valence-corrected chi connectivity index (χ0v) is 15.9. The van der Waals surface area contributed by atoms with Crippen LogP contribution in [0, 0.1) is 5.41 Å². The number of carbonyl (C=O) groups is 1. The minimum atomic E-state index is 0.0186. The number of rotatable bonds is 4. The van der Waals surface area contributed by atoms with Crippen LogP contribution in [0.2, 0.25) is 0 Å². The molecule has 6 heteroatoms. The minimum Gasteiger partial charge on any atom is -0.338 e. The summed E-state index contributed by atoms with van der Waals surface area (Å²) in [4.78, 5) is 19.9. The molecule has 2 N–H and O–H groups in total. The first-order valence-electron chi connectivity index (χ1n) is 9.13. The standard InChI is InChI=1S/C19H29N5O/c1-12(2)16-8-14(15-9-21-24(13(3)4)17(15)22-16)18(25)23-7-6-19(5,10-20)11-23/h8-9,12-13H,6-7,10-11,20H2,1-5H3. The van der Waals surface area contributed by atoms with Gasteiger partial charge in [-0.3, -0.25) is 4.79 Å². The Balaban J connectivity index is 2.07. The van der Waals surface area contributed by atoms with Gasteiger partial charge in [-0.25, -0.2) is 9.67 Å². The summed E-state index contributed by atoms with van der Waals surface area (Å²) in [5.41, 5.74) is 8.35. The zero-order chi connectivity index (χ0) is 18.4. The van der Waals surface area contributed by atoms with Crippen LogP contribution in [-0.4, -0.2) is 45.2 Å². The van der Waals surface area contributed by atoms with Crippen LogP contribution in [0.5, 0.6) is 0 Å². The first kappa shape index (κ1) is 17.9. The molecule has 3 rings (SSSR count). The van der Waals surface area contributed by atoms with Crippen molar-refractivity contribution in [2.75, 3.05) is 19.6 Å². The molecule has 1 aliphatic heterocycles. The van der Waals surface area contributed by atoms with Crippen molar-refractivity contribution >= 4 is 16.9 Å². The molecule has 0 aliphatic carbocycles. The highest BCUT2D eigenvalue weighted by Crippen LogP contribution is 2.31. The maximum absolute atomic E-state index is 13.2. The fourth-order valence-corrected chi connectivity index (χ4v) is 3.42. The summed E-state index contributed by atoms with van der Waals surface area (Å²) >= 11 is 0. The van der Waals surface area contributed by atoms with E-state index in [1.165, 1.54) is 0 Å². The van der Waals surface area contributed by atoms with Crippen molar-refractivity contribution in [3.63, 3.8) is 0 Å². The molecule has 0 saturated carbocycles. The second-order valence-corrected chi connectivity index (χ2v) is 8.16. The normalized spacial score (nSPS) is 21.0. The second kappa shape index (κ2) is 6.41. The third-order valence-electron chi connectivity index (χ3n) is 5.24. The molecule has 0 aromatic carbocycles. The Bertz CT molecular complexity index is 794. The van der Waals surface area contributed by atoms with Crippen LogP contribution in [0.15, 0.2) is 12.3 Å². The van der Waals surface area contributed by atoms with Crippen molar-refractivity contribution in [1.82, 2.24) is 19.7 Å². The third kappa shape index (κ3) is 3.15. The predicted octanol–water partition coefficient (Wildman–Crippen LogP) is 2.95. The van der Waals surface area contributed by atoms with Crippen molar-refractivity contribution in [1.29, 1.82) is 0 Å². The Hall–Kier alpha value is -1.95. The van der Waals surface area contributed by atoms with E-state index in [1.807, 2.05) is 15.6 Å². The van der Waals surface area contributed by atoms with Gasteiger partial charge in [-0.1, -0.05) is 20.8 Å². The van der Waals surface area contributed by atoms with Crippen molar-refractivity contribution in [2.24, 2.45) is 11.1 Å². The van der Waals surface area contributed by atoms with Gasteiger partial charge in [0, 0.05) is 24.8 Å². The van der Waals surface area contributed by atoms with Crippen LogP contribution in [0.4, 0.5) is 0 Å². The van der Waals surface area contributed by atoms with E-state index in [2.05, 4.69) is 39.7 Å². The van der Waals surface area contributed by atoms with Crippen LogP contribution >= 0.6 is 0 Å². The first-order chi connectivity index (χ1) is 11.8. The number of carbonyl (C=O) groups excluding carboxylic acids is 1. The fourth-order valence-electron chi connectivity index (χ4n) is 3.42. The topological polar surface area (TPSA) is 77.0 Å². The number of nitrogens with zero attached hydrogens (tertiary/aromatic N) is 4. The van der Waals surface area contributed by atoms with E-state index in [0.717, 1.165) is 29.7 Å². The Kier molecular flexibility index (Phi) is 4.58. The van der Waals surface area contributed by atoms with Crippen LogP contribution < -0.4 is 5.73 Å². The number of hydrogen-bond donors (Lipinski definition) is 1. The van der Waals surface area contributed by atoms with Gasteiger partial charge in [0.25, 0.3) is 5.91 Å². The summed E-state index contributed by atoms with van der Waals surface area (Å²) < 4.78 is 1.89. The summed E-state index contributed by atoms with van der Waals surface area (Å²) in [6, 6.07) is 2.14. The van der Waals surface area contributed by atoms with Crippen molar-refractivity contribution < 1.29 is 4.79 Å². The molecule has 2 aromatic heterocycles. The Morgan fingerprint density at radius 3 is 2.64 bits per heavy atom. The quantitative estimate of drug-likeness (QED) is 0.926. The molecule has 1 saturated heterocycles. The minimum absolute atomic E-state index is 0.0186. The van der Waals surface area contributed by atoms with Gasteiger partial charge in [0.05, 0.1) is 17.1 Å². The molecule has 0 radical (unpaired) electrons. The van der Waals surface area contributed by atoms with E-state index >= 15 is 0 Å². The van der Waals surface area contributed by atoms with Gasteiger partial charge in [0.2, 0.25) is 0 Å². The molecule has 1 unspecified atom stereocenters. The van der Waals surface area contributed by atoms with E-state index in [9.17, 15) is 4.79 Å². The van der Waals surface area contributed by atoms with E-state index < -0.39 is 0 Å². The number of pyridine rings is 1. The third-order valence-corrected chi connectivity index (χ3v) is 5.24. The summed E-state index contributed by atoms with van der Waals surface area (Å²) in [5, 5.41) is 5.31. The lowest BCUT2D eigenvalue weighted by Crippen LogP contribution is -2.34. The SMILES string of the molecule is CC(C)c1cc(C(=O)N2CCC(C)(CN)C2)c2cnn(C(C)C)c2n1. The van der Waals surface area contributed by atoms with Gasteiger partial charge in [-0.15, -0.1) is 0 Å². The summed E-state index contributed by atoms with van der Waals surface area (Å²) in [5.74, 6) is 0.314. The number of likely N-dealkylation sites (tertiary alicyclic amines) is 1. The molecule has 1 fully saturated rings. The van der Waals surface area contributed by atoms with Gasteiger partial charge in [-0.05, 0) is 44.2 Å². The van der Waals surface area contributed by atoms with E-state index in [-0.39, 0.29) is 23.3 Å². The van der Waals surface area contributed by atoms with E-state index in [0.29, 0.717) is 18.7 Å². The number of amides is 1. The van der Waals surface area contributed by atoms with E-state index in [4.69, 9.17) is 10.7 Å². The highest BCUT2D eigenvalue weighted by Gasteiger charge is 2.36. The molecular weight excluding hydrogens is 314 g/mol. The lowest BCUT2D eigenvalue weighted by atomic mass is 9.90. The smallest absolute Gasteiger partial charge is 0.254 e. The van der Waals surface area contributed by atoms with Gasteiger partial charge in [0.15, 0.2) is 5.65 Å². The van der Waals surface area contributed by atoms with Gasteiger partial charge in [0.1, 0.15) is 0 Å². The zero-order valence-electron chi connectivity index (χ0n) is 15.9. The molecule has 2 aromatic rings. The lowest BCUT2D eigenvalue weighted by molar-refractivity contribution is 0.0778. The Labute approximate surface area is 149 Å². The average molecular weight is 343 g/mol. The highest BCUT2D eigenvalue weighted by molar-refractivity contribution is 6.05. The number of fused-ring (bicyclic) bond motifs is 1. The molecule has 136 valence electrons. The molecule has 0 bridgehead atoms. The monoisotopic (exact) mass is 343 g/mol. The molecule has 1 atom stereocenters. The van der Waals surface area contributed by atoms with E-state index in [1.54, 1.807) is 6.20 Å². The van der Waals surface area contributed by atoms with Crippen molar-refractivity contribution in [3.8, 4) is 0 Å². The average Bonchev–Trinajstić information content (AvgIpc) is 3.17. The Morgan fingerprint density at radius 1 is 1.36 bits per heavy atom. The molecule has 1 amide bonds. The van der Waals surface area contributed by atoms with Crippen molar-refractivity contribution in [2.45, 2.75) is 53.0 Å². The molecule has 3 heterocycles. The second-order valence-electron chi connectivity index (χ2n) is 8.16. The van der Waals surface area contributed by atoms with Crippen LogP contribution in [0.25, 0.3) is 11.0 Å². The number of nitrogens with two attached hydrogens (primary N) is 1. The van der Waals surface area contributed by atoms with Crippen LogP contribution in [-0.2, 0) is 0 Å². The summed E-state index contributed by atoms with van der Waals surface area (Å²) in [7, 11) is 0. The summed E-state index contributed by atoms with van der Waals surface area (Å²) in [6.07, 6.45) is 2.73. The predicted molar refractivity (Wildman–Crippen MR) is 99.7 cm³/mol. The first-order valence-corrected chi connectivity index (χ1v) is 9.13. The van der Waals surface area contributed by atoms with Gasteiger partial charge >= 0.3 is 0 Å². The Morgan fingerprint density at radius 2 is 2.08 bits per heavy atom. The fraction of sp³-hybridized carbons (Fsp3) is 0.632. The highest BCUT2D eigenvalue weighted by atomic mass is 16.2. The molecule has 6 nitrogen and oxygen atoms in total.